The molecule has 0 aromatic heterocycles. The Bertz CT molecular complexity index is 764. The fraction of sp³-hybridized carbons (Fsp3) is 0.0588. The summed E-state index contributed by atoms with van der Waals surface area (Å²) in [7, 11) is 0. The lowest BCUT2D eigenvalue weighted by Gasteiger charge is -2.06. The zero-order valence-electron chi connectivity index (χ0n) is 12.0. The van der Waals surface area contributed by atoms with Crippen LogP contribution in [-0.2, 0) is 11.3 Å². The molecule has 0 heterocycles. The highest BCUT2D eigenvalue weighted by atomic mass is 79.9. The van der Waals surface area contributed by atoms with Crippen molar-refractivity contribution in [1.82, 2.24) is 5.32 Å². The van der Waals surface area contributed by atoms with Gasteiger partial charge in [0.2, 0.25) is 0 Å². The number of anilines is 1. The van der Waals surface area contributed by atoms with Crippen molar-refractivity contribution in [2.45, 2.75) is 6.54 Å². The largest absolute Gasteiger partial charge is 0.386 e. The first-order valence-electron chi connectivity index (χ1n) is 6.74. The fourth-order valence-corrected chi connectivity index (χ4v) is 2.47. The van der Waals surface area contributed by atoms with Crippen LogP contribution in [-0.4, -0.2) is 5.91 Å². The molecule has 0 spiro atoms. The summed E-state index contributed by atoms with van der Waals surface area (Å²) in [6.07, 6.45) is 1.42. The lowest BCUT2D eigenvalue weighted by atomic mass is 10.2. The van der Waals surface area contributed by atoms with Gasteiger partial charge in [-0.2, -0.15) is 5.26 Å². The molecule has 116 valence electrons. The molecule has 0 saturated carbocycles. The van der Waals surface area contributed by atoms with Gasteiger partial charge in [-0.1, -0.05) is 50.1 Å². The standard InChI is InChI=1S/C17H13Br2N3O/c18-14-5-7-15(8-6-14)22-17(23)13(9-20)11-21-10-12-3-1-2-4-16(12)19/h1-8,11,21H,10H2,(H,22,23)/b13-11-. The molecule has 0 fully saturated rings. The first kappa shape index (κ1) is 17.3. The van der Waals surface area contributed by atoms with Crippen molar-refractivity contribution in [3.05, 3.63) is 74.8 Å². The van der Waals surface area contributed by atoms with Gasteiger partial charge in [-0.3, -0.25) is 4.79 Å². The van der Waals surface area contributed by atoms with Crippen molar-refractivity contribution in [3.63, 3.8) is 0 Å². The van der Waals surface area contributed by atoms with Gasteiger partial charge in [-0.25, -0.2) is 0 Å². The highest BCUT2D eigenvalue weighted by Gasteiger charge is 2.09. The minimum atomic E-state index is -0.450. The van der Waals surface area contributed by atoms with Crippen LogP contribution in [0.1, 0.15) is 5.56 Å². The SMILES string of the molecule is N#C/C(=C/NCc1ccccc1Br)C(=O)Nc1ccc(Br)cc1. The van der Waals surface area contributed by atoms with E-state index in [2.05, 4.69) is 42.5 Å². The maximum atomic E-state index is 12.1. The van der Waals surface area contributed by atoms with E-state index < -0.39 is 5.91 Å². The third kappa shape index (κ3) is 5.23. The van der Waals surface area contributed by atoms with E-state index >= 15 is 0 Å². The highest BCUT2D eigenvalue weighted by Crippen LogP contribution is 2.16. The van der Waals surface area contributed by atoms with Crippen molar-refractivity contribution < 1.29 is 4.79 Å². The smallest absolute Gasteiger partial charge is 0.267 e. The second-order valence-corrected chi connectivity index (χ2v) is 6.37. The van der Waals surface area contributed by atoms with Gasteiger partial charge < -0.3 is 10.6 Å². The minimum Gasteiger partial charge on any atom is -0.386 e. The number of benzene rings is 2. The lowest BCUT2D eigenvalue weighted by molar-refractivity contribution is -0.112. The highest BCUT2D eigenvalue weighted by molar-refractivity contribution is 9.10. The molecule has 0 unspecified atom stereocenters. The summed E-state index contributed by atoms with van der Waals surface area (Å²) in [5.41, 5.74) is 1.68. The van der Waals surface area contributed by atoms with Crippen LogP contribution in [0.15, 0.2) is 69.2 Å². The topological polar surface area (TPSA) is 64.9 Å². The van der Waals surface area contributed by atoms with Crippen LogP contribution in [0.2, 0.25) is 0 Å². The fourth-order valence-electron chi connectivity index (χ4n) is 1.79. The molecule has 2 rings (SSSR count). The molecule has 4 nitrogen and oxygen atoms in total. The van der Waals surface area contributed by atoms with Crippen LogP contribution in [0.4, 0.5) is 5.69 Å². The average Bonchev–Trinajstić information content (AvgIpc) is 2.55. The Kier molecular flexibility index (Phi) is 6.39. The number of hydrogen-bond acceptors (Lipinski definition) is 3. The maximum Gasteiger partial charge on any atom is 0.267 e. The van der Waals surface area contributed by atoms with Gasteiger partial charge in [-0.15, -0.1) is 0 Å². The molecule has 2 aromatic rings. The molecule has 23 heavy (non-hydrogen) atoms. The van der Waals surface area contributed by atoms with E-state index in [0.29, 0.717) is 12.2 Å². The molecule has 6 heteroatoms. The molecule has 0 aliphatic rings. The van der Waals surface area contributed by atoms with Crippen molar-refractivity contribution >= 4 is 43.5 Å². The third-order valence-corrected chi connectivity index (χ3v) is 4.27. The summed E-state index contributed by atoms with van der Waals surface area (Å²) < 4.78 is 1.89. The zero-order chi connectivity index (χ0) is 16.7. The van der Waals surface area contributed by atoms with Gasteiger partial charge >= 0.3 is 0 Å². The average molecular weight is 435 g/mol. The Morgan fingerprint density at radius 3 is 2.48 bits per heavy atom. The molecule has 0 bridgehead atoms. The Morgan fingerprint density at radius 1 is 1.13 bits per heavy atom. The molecule has 0 aliphatic carbocycles. The van der Waals surface area contributed by atoms with Gasteiger partial charge in [-0.05, 0) is 35.9 Å². The van der Waals surface area contributed by atoms with Crippen molar-refractivity contribution in [2.24, 2.45) is 0 Å². The normalized spacial score (nSPS) is 10.7. The molecule has 0 aliphatic heterocycles. The molecule has 2 aromatic carbocycles. The molecular weight excluding hydrogens is 422 g/mol. The monoisotopic (exact) mass is 433 g/mol. The second kappa shape index (κ2) is 8.51. The summed E-state index contributed by atoms with van der Waals surface area (Å²) in [6, 6.07) is 16.8. The Hall–Kier alpha value is -2.10. The molecule has 2 N–H and O–H groups in total. The van der Waals surface area contributed by atoms with Crippen LogP contribution < -0.4 is 10.6 Å². The summed E-state index contributed by atoms with van der Waals surface area (Å²) in [6.45, 7) is 0.512. The number of nitrogens with zero attached hydrogens (tertiary/aromatic N) is 1. The number of amides is 1. The summed E-state index contributed by atoms with van der Waals surface area (Å²) >= 11 is 6.78. The Labute approximate surface area is 151 Å². The summed E-state index contributed by atoms with van der Waals surface area (Å²) in [5, 5.41) is 14.8. The third-order valence-electron chi connectivity index (χ3n) is 2.96. The van der Waals surface area contributed by atoms with E-state index in [0.717, 1.165) is 14.5 Å². The number of nitriles is 1. The second-order valence-electron chi connectivity index (χ2n) is 4.60. The predicted octanol–water partition coefficient (Wildman–Crippen LogP) is 4.35. The van der Waals surface area contributed by atoms with Crippen LogP contribution in [0.3, 0.4) is 0 Å². The Balaban J connectivity index is 1.98. The molecule has 0 atom stereocenters. The van der Waals surface area contributed by atoms with Gasteiger partial charge in [0, 0.05) is 27.4 Å². The van der Waals surface area contributed by atoms with E-state index in [9.17, 15) is 4.79 Å². The molecule has 1 amide bonds. The lowest BCUT2D eigenvalue weighted by Crippen LogP contribution is -2.16. The first-order chi connectivity index (χ1) is 11.1. The van der Waals surface area contributed by atoms with E-state index in [1.807, 2.05) is 42.5 Å². The van der Waals surface area contributed by atoms with Crippen LogP contribution in [0, 0.1) is 11.3 Å². The Morgan fingerprint density at radius 2 is 1.83 bits per heavy atom. The number of nitrogens with one attached hydrogen (secondary N) is 2. The first-order valence-corrected chi connectivity index (χ1v) is 8.32. The van der Waals surface area contributed by atoms with Gasteiger partial charge in [0.25, 0.3) is 5.91 Å². The van der Waals surface area contributed by atoms with Gasteiger partial charge in [0.1, 0.15) is 11.6 Å². The number of hydrogen-bond donors (Lipinski definition) is 2. The predicted molar refractivity (Wildman–Crippen MR) is 97.4 cm³/mol. The molecule has 0 radical (unpaired) electrons. The van der Waals surface area contributed by atoms with E-state index in [4.69, 9.17) is 5.26 Å². The summed E-state index contributed by atoms with van der Waals surface area (Å²) in [4.78, 5) is 12.1. The van der Waals surface area contributed by atoms with Crippen molar-refractivity contribution in [1.29, 1.82) is 5.26 Å². The number of rotatable bonds is 5. The van der Waals surface area contributed by atoms with Gasteiger partial charge in [0.15, 0.2) is 0 Å². The van der Waals surface area contributed by atoms with E-state index in [-0.39, 0.29) is 5.57 Å². The van der Waals surface area contributed by atoms with Crippen LogP contribution >= 0.6 is 31.9 Å². The number of carbonyl (C=O) groups is 1. The zero-order valence-corrected chi connectivity index (χ0v) is 15.2. The maximum absolute atomic E-state index is 12.1. The quantitative estimate of drug-likeness (QED) is 0.543. The number of carbonyl (C=O) groups excluding carboxylic acids is 1. The van der Waals surface area contributed by atoms with Crippen LogP contribution in [0.25, 0.3) is 0 Å². The van der Waals surface area contributed by atoms with Crippen molar-refractivity contribution in [3.8, 4) is 6.07 Å². The van der Waals surface area contributed by atoms with Gasteiger partial charge in [0.05, 0.1) is 0 Å². The molecular formula is C17H13Br2N3O. The van der Waals surface area contributed by atoms with E-state index in [1.165, 1.54) is 6.20 Å². The van der Waals surface area contributed by atoms with Crippen LogP contribution in [0.5, 0.6) is 0 Å². The molecule has 0 saturated heterocycles. The summed E-state index contributed by atoms with van der Waals surface area (Å²) in [5.74, 6) is -0.450. The number of halogens is 2. The minimum absolute atomic E-state index is 0.0139. The van der Waals surface area contributed by atoms with E-state index in [1.54, 1.807) is 12.1 Å². The van der Waals surface area contributed by atoms with Crippen molar-refractivity contribution in [2.75, 3.05) is 5.32 Å².